The Bertz CT molecular complexity index is 408. The molecule has 0 aromatic carbocycles. The molecule has 25 heavy (non-hydrogen) atoms. The maximum absolute atomic E-state index is 11.9. The van der Waals surface area contributed by atoms with Crippen molar-refractivity contribution in [2.45, 2.75) is 32.4 Å². The Kier molecular flexibility index (Phi) is 13.8. The average Bonchev–Trinajstić information content (AvgIpc) is 2.57. The van der Waals surface area contributed by atoms with Crippen molar-refractivity contribution < 1.29 is 9.53 Å². The molecule has 8 heteroatoms. The Balaban J connectivity index is 0.00000576. The van der Waals surface area contributed by atoms with E-state index in [0.717, 1.165) is 51.0 Å². The summed E-state index contributed by atoms with van der Waals surface area (Å²) >= 11 is 2.04. The van der Waals surface area contributed by atoms with Crippen LogP contribution in [0.2, 0.25) is 0 Å². The van der Waals surface area contributed by atoms with E-state index in [1.54, 1.807) is 19.0 Å². The molecule has 1 N–H and O–H groups in total. The van der Waals surface area contributed by atoms with Gasteiger partial charge in [0.2, 0.25) is 5.91 Å². The van der Waals surface area contributed by atoms with Crippen molar-refractivity contribution in [1.82, 2.24) is 15.1 Å². The number of guanidine groups is 1. The van der Waals surface area contributed by atoms with Crippen LogP contribution >= 0.6 is 35.7 Å². The Morgan fingerprint density at radius 2 is 2.16 bits per heavy atom. The molecule has 1 fully saturated rings. The van der Waals surface area contributed by atoms with Crippen LogP contribution in [-0.2, 0) is 9.53 Å². The molecule has 1 atom stereocenters. The third kappa shape index (κ3) is 9.89. The maximum Gasteiger partial charge on any atom is 0.243 e. The van der Waals surface area contributed by atoms with Gasteiger partial charge in [0.25, 0.3) is 0 Å². The van der Waals surface area contributed by atoms with E-state index in [-0.39, 0.29) is 36.4 Å². The number of nitrogens with zero attached hydrogens (tertiary/aromatic N) is 3. The number of carbonyl (C=O) groups excluding carboxylic acids is 1. The topological polar surface area (TPSA) is 57.2 Å². The zero-order chi connectivity index (χ0) is 17.9. The van der Waals surface area contributed by atoms with Gasteiger partial charge in [0.05, 0.1) is 0 Å². The molecule has 6 nitrogen and oxygen atoms in total. The van der Waals surface area contributed by atoms with Gasteiger partial charge in [-0.2, -0.15) is 11.8 Å². The highest BCUT2D eigenvalue weighted by Crippen LogP contribution is 2.24. The highest BCUT2D eigenvalue weighted by atomic mass is 127. The third-order valence-electron chi connectivity index (χ3n) is 3.95. The second kappa shape index (κ2) is 13.9. The van der Waals surface area contributed by atoms with Gasteiger partial charge in [-0.25, -0.2) is 4.99 Å². The molecule has 0 radical (unpaired) electrons. The quantitative estimate of drug-likeness (QED) is 0.247. The standard InChI is InChI=1S/C17H34N4O2S.HI/c1-6-23-10-7-8-18-17(19-12-16(22)20(4)5)21-9-11-24-15(13-21)14(2)3;/h14-15H,6-13H2,1-5H3,(H,18,19);1H. The number of carbonyl (C=O) groups is 1. The molecule has 0 aromatic heterocycles. The molecule has 0 saturated carbocycles. The number of hydrogen-bond acceptors (Lipinski definition) is 4. The summed E-state index contributed by atoms with van der Waals surface area (Å²) in [5.74, 6) is 2.62. The summed E-state index contributed by atoms with van der Waals surface area (Å²) in [5, 5.41) is 4.03. The van der Waals surface area contributed by atoms with Gasteiger partial charge in [-0.3, -0.25) is 4.79 Å². The minimum absolute atomic E-state index is 0. The fourth-order valence-corrected chi connectivity index (χ4v) is 3.64. The second-order valence-corrected chi connectivity index (χ2v) is 7.85. The molecule has 0 aliphatic carbocycles. The molecular weight excluding hydrogens is 451 g/mol. The fraction of sp³-hybridized carbons (Fsp3) is 0.882. The minimum Gasteiger partial charge on any atom is -0.382 e. The Morgan fingerprint density at radius 3 is 2.76 bits per heavy atom. The van der Waals surface area contributed by atoms with Gasteiger partial charge in [-0.15, -0.1) is 24.0 Å². The molecule has 1 unspecified atom stereocenters. The summed E-state index contributed by atoms with van der Waals surface area (Å²) in [6.07, 6.45) is 0.935. The summed E-state index contributed by atoms with van der Waals surface area (Å²) in [4.78, 5) is 20.3. The van der Waals surface area contributed by atoms with Gasteiger partial charge < -0.3 is 19.9 Å². The molecule has 148 valence electrons. The van der Waals surface area contributed by atoms with Crippen molar-refractivity contribution >= 4 is 47.6 Å². The first-order chi connectivity index (χ1) is 11.5. The SMILES string of the molecule is CCOCCCNC(=NCC(=O)N(C)C)N1CCSC(C(C)C)C1.I. The van der Waals surface area contributed by atoms with Crippen LogP contribution in [0.25, 0.3) is 0 Å². The Morgan fingerprint density at radius 1 is 1.44 bits per heavy atom. The average molecular weight is 486 g/mol. The van der Waals surface area contributed by atoms with Crippen molar-refractivity contribution in [2.75, 3.05) is 59.2 Å². The molecular formula is C17H35IN4O2S. The predicted octanol–water partition coefficient (Wildman–Crippen LogP) is 2.14. The highest BCUT2D eigenvalue weighted by molar-refractivity contribution is 14.0. The van der Waals surface area contributed by atoms with Crippen molar-refractivity contribution in [3.8, 4) is 0 Å². The molecule has 1 aliphatic rings. The maximum atomic E-state index is 11.9. The van der Waals surface area contributed by atoms with Crippen molar-refractivity contribution in [3.05, 3.63) is 0 Å². The normalized spacial score (nSPS) is 18.1. The molecule has 1 aliphatic heterocycles. The number of halogens is 1. The number of aliphatic imine (C=N–C) groups is 1. The zero-order valence-electron chi connectivity index (χ0n) is 16.3. The van der Waals surface area contributed by atoms with Crippen LogP contribution in [-0.4, -0.2) is 86.2 Å². The number of hydrogen-bond donors (Lipinski definition) is 1. The lowest BCUT2D eigenvalue weighted by Gasteiger charge is -2.36. The van der Waals surface area contributed by atoms with E-state index in [1.165, 1.54) is 0 Å². The summed E-state index contributed by atoms with van der Waals surface area (Å²) < 4.78 is 5.38. The third-order valence-corrected chi connectivity index (χ3v) is 5.49. The molecule has 0 spiro atoms. The smallest absolute Gasteiger partial charge is 0.243 e. The van der Waals surface area contributed by atoms with Crippen LogP contribution in [0, 0.1) is 5.92 Å². The van der Waals surface area contributed by atoms with Gasteiger partial charge in [-0.05, 0) is 19.3 Å². The van der Waals surface area contributed by atoms with Crippen molar-refractivity contribution in [2.24, 2.45) is 10.9 Å². The lowest BCUT2D eigenvalue weighted by molar-refractivity contribution is -0.127. The minimum atomic E-state index is 0. The van der Waals surface area contributed by atoms with E-state index in [0.29, 0.717) is 11.2 Å². The lowest BCUT2D eigenvalue weighted by atomic mass is 10.1. The molecule has 1 heterocycles. The van der Waals surface area contributed by atoms with Gasteiger partial charge in [0, 0.05) is 57.9 Å². The van der Waals surface area contributed by atoms with Crippen molar-refractivity contribution in [3.63, 3.8) is 0 Å². The van der Waals surface area contributed by atoms with Crippen LogP contribution in [0.5, 0.6) is 0 Å². The molecule has 0 aromatic rings. The first kappa shape index (κ1) is 24.8. The van der Waals surface area contributed by atoms with Crippen LogP contribution < -0.4 is 5.32 Å². The van der Waals surface area contributed by atoms with Gasteiger partial charge in [-0.1, -0.05) is 13.8 Å². The molecule has 1 rings (SSSR count). The fourth-order valence-electron chi connectivity index (χ4n) is 2.34. The number of ether oxygens (including phenoxy) is 1. The second-order valence-electron chi connectivity index (χ2n) is 6.50. The summed E-state index contributed by atoms with van der Waals surface area (Å²) in [6, 6.07) is 0. The number of rotatable bonds is 8. The van der Waals surface area contributed by atoms with E-state index in [2.05, 4.69) is 29.1 Å². The predicted molar refractivity (Wildman–Crippen MR) is 118 cm³/mol. The number of likely N-dealkylation sites (N-methyl/N-ethyl adjacent to an activating group) is 1. The van der Waals surface area contributed by atoms with Crippen LogP contribution in [0.15, 0.2) is 4.99 Å². The van der Waals surface area contributed by atoms with Crippen LogP contribution in [0.4, 0.5) is 0 Å². The van der Waals surface area contributed by atoms with Gasteiger partial charge in [0.15, 0.2) is 5.96 Å². The summed E-state index contributed by atoms with van der Waals surface area (Å²) in [7, 11) is 3.53. The molecule has 0 bridgehead atoms. The van der Waals surface area contributed by atoms with Gasteiger partial charge >= 0.3 is 0 Å². The van der Waals surface area contributed by atoms with Crippen molar-refractivity contribution in [1.29, 1.82) is 0 Å². The molecule has 1 amide bonds. The van der Waals surface area contributed by atoms with Crippen LogP contribution in [0.1, 0.15) is 27.2 Å². The Labute approximate surface area is 174 Å². The first-order valence-corrected chi connectivity index (χ1v) is 9.93. The summed E-state index contributed by atoms with van der Waals surface area (Å²) in [5.41, 5.74) is 0. The van der Waals surface area contributed by atoms with E-state index in [9.17, 15) is 4.79 Å². The first-order valence-electron chi connectivity index (χ1n) is 8.88. The number of thioether (sulfide) groups is 1. The number of amides is 1. The largest absolute Gasteiger partial charge is 0.382 e. The van der Waals surface area contributed by atoms with E-state index >= 15 is 0 Å². The van der Waals surface area contributed by atoms with E-state index in [4.69, 9.17) is 4.74 Å². The zero-order valence-corrected chi connectivity index (χ0v) is 19.4. The molecule has 1 saturated heterocycles. The van der Waals surface area contributed by atoms with Crippen LogP contribution in [0.3, 0.4) is 0 Å². The highest BCUT2D eigenvalue weighted by Gasteiger charge is 2.25. The summed E-state index contributed by atoms with van der Waals surface area (Å²) in [6.45, 7) is 11.0. The van der Waals surface area contributed by atoms with Gasteiger partial charge in [0.1, 0.15) is 6.54 Å². The lowest BCUT2D eigenvalue weighted by Crippen LogP contribution is -2.49. The van der Waals surface area contributed by atoms with E-state index < -0.39 is 0 Å². The van der Waals surface area contributed by atoms with E-state index in [1.807, 2.05) is 18.7 Å². The number of nitrogens with one attached hydrogen (secondary N) is 1. The Hall–Kier alpha value is -0.220. The monoisotopic (exact) mass is 486 g/mol.